The van der Waals surface area contributed by atoms with Gasteiger partial charge in [0.25, 0.3) is 0 Å². The second-order valence-electron chi connectivity index (χ2n) is 4.24. The minimum Gasteiger partial charge on any atom is -0.390 e. The van der Waals surface area contributed by atoms with E-state index in [4.69, 9.17) is 4.74 Å². The highest BCUT2D eigenvalue weighted by atomic mass is 16.5. The van der Waals surface area contributed by atoms with Crippen molar-refractivity contribution < 1.29 is 9.84 Å². The van der Waals surface area contributed by atoms with Crippen LogP contribution in [0.25, 0.3) is 0 Å². The molecule has 3 heteroatoms. The van der Waals surface area contributed by atoms with E-state index in [0.29, 0.717) is 5.92 Å². The van der Waals surface area contributed by atoms with Crippen LogP contribution in [0, 0.1) is 5.92 Å². The van der Waals surface area contributed by atoms with E-state index >= 15 is 0 Å². The normalized spacial score (nSPS) is 30.2. The lowest BCUT2D eigenvalue weighted by atomic mass is 9.76. The van der Waals surface area contributed by atoms with Gasteiger partial charge in [0.15, 0.2) is 0 Å². The molecule has 0 unspecified atom stereocenters. The molecule has 0 bridgehead atoms. The van der Waals surface area contributed by atoms with Crippen LogP contribution in [0.1, 0.15) is 25.7 Å². The van der Waals surface area contributed by atoms with Crippen LogP contribution in [0.4, 0.5) is 0 Å². The first-order valence-corrected chi connectivity index (χ1v) is 5.32. The molecule has 2 fully saturated rings. The van der Waals surface area contributed by atoms with Crippen LogP contribution in [-0.4, -0.2) is 37.0 Å². The van der Waals surface area contributed by atoms with Crippen molar-refractivity contribution in [3.8, 4) is 0 Å². The van der Waals surface area contributed by atoms with Gasteiger partial charge in [0.05, 0.1) is 5.60 Å². The molecule has 13 heavy (non-hydrogen) atoms. The van der Waals surface area contributed by atoms with Crippen LogP contribution < -0.4 is 5.32 Å². The SMILES string of the molecule is OC1(C2CCOCC2)CCNCC1. The monoisotopic (exact) mass is 185 g/mol. The van der Waals surface area contributed by atoms with Crippen molar-refractivity contribution in [2.45, 2.75) is 31.3 Å². The lowest BCUT2D eigenvalue weighted by Gasteiger charge is -2.41. The molecule has 0 aromatic carbocycles. The first-order valence-electron chi connectivity index (χ1n) is 5.32. The Balaban J connectivity index is 1.94. The molecule has 0 aromatic heterocycles. The number of piperidine rings is 1. The first kappa shape index (κ1) is 9.44. The van der Waals surface area contributed by atoms with E-state index < -0.39 is 5.60 Å². The molecule has 0 amide bonds. The molecule has 2 heterocycles. The third-order valence-electron chi connectivity index (χ3n) is 3.45. The average molecular weight is 185 g/mol. The van der Waals surface area contributed by atoms with Gasteiger partial charge < -0.3 is 15.2 Å². The molecular weight excluding hydrogens is 166 g/mol. The predicted molar refractivity (Wildman–Crippen MR) is 50.6 cm³/mol. The van der Waals surface area contributed by atoms with Crippen LogP contribution >= 0.6 is 0 Å². The topological polar surface area (TPSA) is 41.5 Å². The van der Waals surface area contributed by atoms with E-state index in [1.54, 1.807) is 0 Å². The molecular formula is C10H19NO2. The molecule has 2 aliphatic heterocycles. The lowest BCUT2D eigenvalue weighted by Crippen LogP contribution is -2.48. The predicted octanol–water partition coefficient (Wildman–Crippen LogP) is 0.527. The van der Waals surface area contributed by atoms with Crippen LogP contribution in [0.2, 0.25) is 0 Å². The first-order chi connectivity index (χ1) is 6.31. The number of ether oxygens (including phenoxy) is 1. The third-order valence-corrected chi connectivity index (χ3v) is 3.45. The minimum absolute atomic E-state index is 0.394. The van der Waals surface area contributed by atoms with E-state index in [1.807, 2.05) is 0 Å². The average Bonchev–Trinajstić information content (AvgIpc) is 2.20. The van der Waals surface area contributed by atoms with Gasteiger partial charge in [0.1, 0.15) is 0 Å². The standard InChI is InChI=1S/C10H19NO2/c12-10(3-5-11-6-4-10)9-1-7-13-8-2-9/h9,11-12H,1-8H2. The van der Waals surface area contributed by atoms with Crippen molar-refractivity contribution >= 4 is 0 Å². The van der Waals surface area contributed by atoms with Crippen molar-refractivity contribution in [3.63, 3.8) is 0 Å². The summed E-state index contributed by atoms with van der Waals surface area (Å²) in [5.74, 6) is 0.475. The summed E-state index contributed by atoms with van der Waals surface area (Å²) in [6.45, 7) is 3.60. The van der Waals surface area contributed by atoms with Gasteiger partial charge >= 0.3 is 0 Å². The summed E-state index contributed by atoms with van der Waals surface area (Å²) in [6.07, 6.45) is 3.91. The summed E-state index contributed by atoms with van der Waals surface area (Å²) in [5, 5.41) is 13.7. The molecule has 3 nitrogen and oxygen atoms in total. The third kappa shape index (κ3) is 2.03. The zero-order valence-corrected chi connectivity index (χ0v) is 8.09. The van der Waals surface area contributed by atoms with Crippen molar-refractivity contribution in [1.29, 1.82) is 0 Å². The Morgan fingerprint density at radius 3 is 2.38 bits per heavy atom. The van der Waals surface area contributed by atoms with Gasteiger partial charge in [-0.3, -0.25) is 0 Å². The molecule has 0 spiro atoms. The van der Waals surface area contributed by atoms with Crippen LogP contribution in [-0.2, 0) is 4.74 Å². The summed E-state index contributed by atoms with van der Waals surface area (Å²) >= 11 is 0. The molecule has 2 aliphatic rings. The Morgan fingerprint density at radius 1 is 1.15 bits per heavy atom. The number of aliphatic hydroxyl groups is 1. The van der Waals surface area contributed by atoms with Gasteiger partial charge in [-0.05, 0) is 44.7 Å². The Bertz CT molecular complexity index is 160. The molecule has 2 rings (SSSR count). The largest absolute Gasteiger partial charge is 0.390 e. The van der Waals surface area contributed by atoms with Gasteiger partial charge in [-0.1, -0.05) is 0 Å². The Hall–Kier alpha value is -0.120. The second-order valence-corrected chi connectivity index (χ2v) is 4.24. The van der Waals surface area contributed by atoms with Gasteiger partial charge in [0.2, 0.25) is 0 Å². The summed E-state index contributed by atoms with van der Waals surface area (Å²) in [7, 11) is 0. The highest BCUT2D eigenvalue weighted by Gasteiger charge is 2.38. The highest BCUT2D eigenvalue weighted by molar-refractivity contribution is 4.91. The maximum atomic E-state index is 10.4. The van der Waals surface area contributed by atoms with Crippen LogP contribution in [0.5, 0.6) is 0 Å². The Labute approximate surface area is 79.5 Å². The summed E-state index contributed by atoms with van der Waals surface area (Å²) < 4.78 is 5.31. The fraction of sp³-hybridized carbons (Fsp3) is 1.00. The zero-order chi connectivity index (χ0) is 9.15. The quantitative estimate of drug-likeness (QED) is 0.626. The van der Waals surface area contributed by atoms with Gasteiger partial charge in [-0.2, -0.15) is 0 Å². The fourth-order valence-electron chi connectivity index (χ4n) is 2.50. The molecule has 0 saturated carbocycles. The molecule has 0 radical (unpaired) electrons. The number of nitrogens with one attached hydrogen (secondary N) is 1. The van der Waals surface area contributed by atoms with Crippen LogP contribution in [0.3, 0.4) is 0 Å². The molecule has 0 aromatic rings. The van der Waals surface area contributed by atoms with Gasteiger partial charge in [0, 0.05) is 13.2 Å². The Morgan fingerprint density at radius 2 is 1.77 bits per heavy atom. The second kappa shape index (κ2) is 3.95. The molecule has 2 N–H and O–H groups in total. The van der Waals surface area contributed by atoms with Gasteiger partial charge in [-0.25, -0.2) is 0 Å². The highest BCUT2D eigenvalue weighted by Crippen LogP contribution is 2.33. The zero-order valence-electron chi connectivity index (χ0n) is 8.09. The number of hydrogen-bond acceptors (Lipinski definition) is 3. The number of hydrogen-bond donors (Lipinski definition) is 2. The molecule has 0 atom stereocenters. The smallest absolute Gasteiger partial charge is 0.0701 e. The molecule has 2 saturated heterocycles. The Kier molecular flexibility index (Phi) is 2.86. The van der Waals surface area contributed by atoms with E-state index in [-0.39, 0.29) is 0 Å². The number of rotatable bonds is 1. The maximum absolute atomic E-state index is 10.4. The van der Waals surface area contributed by atoms with Gasteiger partial charge in [-0.15, -0.1) is 0 Å². The molecule has 76 valence electrons. The van der Waals surface area contributed by atoms with E-state index in [9.17, 15) is 5.11 Å². The summed E-state index contributed by atoms with van der Waals surface area (Å²) in [4.78, 5) is 0. The summed E-state index contributed by atoms with van der Waals surface area (Å²) in [6, 6.07) is 0. The van der Waals surface area contributed by atoms with Crippen LogP contribution in [0.15, 0.2) is 0 Å². The maximum Gasteiger partial charge on any atom is 0.0701 e. The minimum atomic E-state index is -0.394. The lowest BCUT2D eigenvalue weighted by molar-refractivity contribution is -0.0822. The fourth-order valence-corrected chi connectivity index (χ4v) is 2.50. The molecule has 0 aliphatic carbocycles. The van der Waals surface area contributed by atoms with Crippen molar-refractivity contribution in [2.24, 2.45) is 5.92 Å². The van der Waals surface area contributed by atoms with E-state index in [0.717, 1.165) is 52.0 Å². The summed E-state index contributed by atoms with van der Waals surface area (Å²) in [5.41, 5.74) is -0.394. The van der Waals surface area contributed by atoms with Crippen molar-refractivity contribution in [3.05, 3.63) is 0 Å². The van der Waals surface area contributed by atoms with E-state index in [1.165, 1.54) is 0 Å². The van der Waals surface area contributed by atoms with E-state index in [2.05, 4.69) is 5.32 Å². The van der Waals surface area contributed by atoms with Crippen molar-refractivity contribution in [1.82, 2.24) is 5.32 Å². The van der Waals surface area contributed by atoms with Crippen molar-refractivity contribution in [2.75, 3.05) is 26.3 Å².